The summed E-state index contributed by atoms with van der Waals surface area (Å²) >= 11 is 1.64. The molecule has 1 aromatic carbocycles. The Labute approximate surface area is 128 Å². The highest BCUT2D eigenvalue weighted by Gasteiger charge is 2.15. The Morgan fingerprint density at radius 1 is 1.43 bits per heavy atom. The summed E-state index contributed by atoms with van der Waals surface area (Å²) in [5.74, 6) is 0. The highest BCUT2D eigenvalue weighted by Crippen LogP contribution is 2.19. The maximum absolute atomic E-state index is 11.4. The lowest BCUT2D eigenvalue weighted by molar-refractivity contribution is 0.0529. The molecule has 0 unspecified atom stereocenters. The molecule has 0 spiro atoms. The summed E-state index contributed by atoms with van der Waals surface area (Å²) in [5, 5.41) is 2.73. The molecular formula is C16H20N2O2S. The molecule has 0 aliphatic rings. The van der Waals surface area contributed by atoms with Crippen molar-refractivity contribution in [1.29, 1.82) is 0 Å². The molecule has 1 heterocycles. The first-order valence-electron chi connectivity index (χ1n) is 6.91. The largest absolute Gasteiger partial charge is 0.444 e. The van der Waals surface area contributed by atoms with Crippen molar-refractivity contribution in [2.24, 2.45) is 0 Å². The van der Waals surface area contributed by atoms with E-state index in [-0.39, 0.29) is 6.09 Å². The highest BCUT2D eigenvalue weighted by molar-refractivity contribution is 7.16. The predicted octanol–water partition coefficient (Wildman–Crippen LogP) is 4.22. The molecule has 0 saturated carbocycles. The number of amides is 1. The van der Waals surface area contributed by atoms with Gasteiger partial charge < -0.3 is 10.1 Å². The van der Waals surface area contributed by atoms with Gasteiger partial charge in [0.1, 0.15) is 5.60 Å². The number of rotatable bonds is 4. The standard InChI is InChI=1S/C16H20N2O2S/c1-16(2,3)20-15(19)17-9-5-4-6-12-7-8-13-14(10-12)21-11-18-13/h4,6-8,10-11H,5,9H2,1-3H3,(H,17,19). The third-order valence-electron chi connectivity index (χ3n) is 2.64. The fourth-order valence-electron chi connectivity index (χ4n) is 1.77. The number of ether oxygens (including phenoxy) is 1. The summed E-state index contributed by atoms with van der Waals surface area (Å²) in [6.45, 7) is 6.11. The second-order valence-corrected chi connectivity index (χ2v) is 6.59. The molecule has 0 bridgehead atoms. The molecule has 112 valence electrons. The molecule has 0 radical (unpaired) electrons. The number of hydrogen-bond donors (Lipinski definition) is 1. The molecule has 0 fully saturated rings. The summed E-state index contributed by atoms with van der Waals surface area (Å²) in [5.41, 5.74) is 3.57. The normalized spacial score (nSPS) is 12.0. The van der Waals surface area contributed by atoms with E-state index in [0.717, 1.165) is 17.5 Å². The van der Waals surface area contributed by atoms with Crippen molar-refractivity contribution in [2.45, 2.75) is 32.8 Å². The van der Waals surface area contributed by atoms with Crippen LogP contribution in [0.5, 0.6) is 0 Å². The zero-order valence-corrected chi connectivity index (χ0v) is 13.4. The summed E-state index contributed by atoms with van der Waals surface area (Å²) < 4.78 is 6.35. The van der Waals surface area contributed by atoms with Crippen LogP contribution in [0.2, 0.25) is 0 Å². The Bertz CT molecular complexity index is 641. The van der Waals surface area contributed by atoms with E-state index in [2.05, 4.69) is 22.4 Å². The number of nitrogens with one attached hydrogen (secondary N) is 1. The van der Waals surface area contributed by atoms with E-state index < -0.39 is 5.60 Å². The first kappa shape index (κ1) is 15.5. The number of carbonyl (C=O) groups excluding carboxylic acids is 1. The summed E-state index contributed by atoms with van der Waals surface area (Å²) in [7, 11) is 0. The van der Waals surface area contributed by atoms with E-state index in [4.69, 9.17) is 4.74 Å². The Morgan fingerprint density at radius 2 is 2.24 bits per heavy atom. The average Bonchev–Trinajstić information content (AvgIpc) is 2.83. The molecule has 4 nitrogen and oxygen atoms in total. The molecule has 1 aromatic heterocycles. The molecule has 2 aromatic rings. The molecular weight excluding hydrogens is 284 g/mol. The van der Waals surface area contributed by atoms with Crippen LogP contribution in [0.1, 0.15) is 32.8 Å². The van der Waals surface area contributed by atoms with Gasteiger partial charge in [0.25, 0.3) is 0 Å². The lowest BCUT2D eigenvalue weighted by atomic mass is 10.2. The van der Waals surface area contributed by atoms with Gasteiger partial charge in [0.2, 0.25) is 0 Å². The van der Waals surface area contributed by atoms with Gasteiger partial charge in [-0.15, -0.1) is 11.3 Å². The molecule has 1 amide bonds. The minimum absolute atomic E-state index is 0.373. The summed E-state index contributed by atoms with van der Waals surface area (Å²) in [6.07, 6.45) is 4.48. The van der Waals surface area contributed by atoms with Crippen LogP contribution in [0.4, 0.5) is 4.79 Å². The minimum Gasteiger partial charge on any atom is -0.444 e. The first-order chi connectivity index (χ1) is 9.94. The van der Waals surface area contributed by atoms with E-state index in [0.29, 0.717) is 6.54 Å². The second kappa shape index (κ2) is 6.72. The molecule has 0 atom stereocenters. The summed E-state index contributed by atoms with van der Waals surface area (Å²) in [4.78, 5) is 15.7. The smallest absolute Gasteiger partial charge is 0.407 e. The van der Waals surface area contributed by atoms with Crippen LogP contribution in [0, 0.1) is 0 Å². The van der Waals surface area contributed by atoms with Crippen molar-refractivity contribution in [3.63, 3.8) is 0 Å². The monoisotopic (exact) mass is 304 g/mol. The maximum Gasteiger partial charge on any atom is 0.407 e. The van der Waals surface area contributed by atoms with E-state index in [1.807, 2.05) is 44.5 Å². The quantitative estimate of drug-likeness (QED) is 0.860. The van der Waals surface area contributed by atoms with Gasteiger partial charge in [-0.3, -0.25) is 0 Å². The van der Waals surface area contributed by atoms with Crippen molar-refractivity contribution in [3.8, 4) is 0 Å². The number of aromatic nitrogens is 1. The molecule has 0 aliphatic carbocycles. The highest BCUT2D eigenvalue weighted by atomic mass is 32.1. The van der Waals surface area contributed by atoms with Crippen LogP contribution in [-0.2, 0) is 4.74 Å². The van der Waals surface area contributed by atoms with Crippen molar-refractivity contribution in [2.75, 3.05) is 6.54 Å². The topological polar surface area (TPSA) is 51.2 Å². The van der Waals surface area contributed by atoms with Crippen molar-refractivity contribution >= 4 is 33.7 Å². The molecule has 2 rings (SSSR count). The fraction of sp³-hybridized carbons (Fsp3) is 0.375. The number of thiazole rings is 1. The number of alkyl carbamates (subject to hydrolysis) is 1. The molecule has 0 saturated heterocycles. The Balaban J connectivity index is 1.76. The van der Waals surface area contributed by atoms with Crippen LogP contribution < -0.4 is 5.32 Å². The third kappa shape index (κ3) is 5.19. The van der Waals surface area contributed by atoms with E-state index in [1.54, 1.807) is 11.3 Å². The van der Waals surface area contributed by atoms with Gasteiger partial charge in [0.05, 0.1) is 15.7 Å². The van der Waals surface area contributed by atoms with Crippen molar-refractivity contribution in [1.82, 2.24) is 10.3 Å². The van der Waals surface area contributed by atoms with Crippen LogP contribution in [0.15, 0.2) is 29.8 Å². The van der Waals surface area contributed by atoms with Gasteiger partial charge in [-0.1, -0.05) is 18.2 Å². The minimum atomic E-state index is -0.454. The molecule has 21 heavy (non-hydrogen) atoms. The Kier molecular flexibility index (Phi) is 4.96. The van der Waals surface area contributed by atoms with Gasteiger partial charge in [0.15, 0.2) is 0 Å². The van der Waals surface area contributed by atoms with Crippen molar-refractivity contribution in [3.05, 3.63) is 35.3 Å². The van der Waals surface area contributed by atoms with E-state index >= 15 is 0 Å². The van der Waals surface area contributed by atoms with Crippen LogP contribution in [0.25, 0.3) is 16.3 Å². The lowest BCUT2D eigenvalue weighted by Gasteiger charge is -2.19. The predicted molar refractivity (Wildman–Crippen MR) is 87.5 cm³/mol. The second-order valence-electron chi connectivity index (χ2n) is 5.70. The van der Waals surface area contributed by atoms with Crippen LogP contribution in [0.3, 0.4) is 0 Å². The Morgan fingerprint density at radius 3 is 3.00 bits per heavy atom. The average molecular weight is 304 g/mol. The number of hydrogen-bond acceptors (Lipinski definition) is 4. The maximum atomic E-state index is 11.4. The van der Waals surface area contributed by atoms with Crippen molar-refractivity contribution < 1.29 is 9.53 Å². The van der Waals surface area contributed by atoms with Gasteiger partial charge >= 0.3 is 6.09 Å². The number of nitrogens with zero attached hydrogens (tertiary/aromatic N) is 1. The first-order valence-corrected chi connectivity index (χ1v) is 7.79. The van der Waals surface area contributed by atoms with E-state index in [9.17, 15) is 4.79 Å². The molecule has 1 N–H and O–H groups in total. The number of benzene rings is 1. The van der Waals surface area contributed by atoms with Gasteiger partial charge in [-0.25, -0.2) is 9.78 Å². The zero-order chi connectivity index (χ0) is 15.3. The fourth-order valence-corrected chi connectivity index (χ4v) is 2.49. The molecule has 0 aliphatic heterocycles. The Hall–Kier alpha value is -1.88. The number of fused-ring (bicyclic) bond motifs is 1. The number of carbonyl (C=O) groups is 1. The van der Waals surface area contributed by atoms with Gasteiger partial charge in [-0.05, 0) is 44.9 Å². The lowest BCUT2D eigenvalue weighted by Crippen LogP contribution is -2.32. The summed E-state index contributed by atoms with van der Waals surface area (Å²) in [6, 6.07) is 6.18. The van der Waals surface area contributed by atoms with E-state index in [1.165, 1.54) is 4.70 Å². The molecule has 5 heteroatoms. The zero-order valence-electron chi connectivity index (χ0n) is 12.6. The van der Waals surface area contributed by atoms with Gasteiger partial charge in [0, 0.05) is 6.54 Å². The SMILES string of the molecule is CC(C)(C)OC(=O)NCCC=Cc1ccc2ncsc2c1. The third-order valence-corrected chi connectivity index (χ3v) is 3.44. The van der Waals surface area contributed by atoms with Gasteiger partial charge in [-0.2, -0.15) is 0 Å². The van der Waals surface area contributed by atoms with Crippen LogP contribution >= 0.6 is 11.3 Å². The van der Waals surface area contributed by atoms with Crippen LogP contribution in [-0.4, -0.2) is 23.2 Å².